The summed E-state index contributed by atoms with van der Waals surface area (Å²) >= 11 is 0. The van der Waals surface area contributed by atoms with Crippen LogP contribution in [0.25, 0.3) is 6.08 Å². The highest BCUT2D eigenvalue weighted by Crippen LogP contribution is 2.31. The van der Waals surface area contributed by atoms with Crippen molar-refractivity contribution >= 4 is 29.5 Å². The van der Waals surface area contributed by atoms with Crippen molar-refractivity contribution in [3.63, 3.8) is 0 Å². The lowest BCUT2D eigenvalue weighted by atomic mass is 9.99. The van der Waals surface area contributed by atoms with Crippen LogP contribution in [0.1, 0.15) is 61.7 Å². The number of ether oxygens (including phenoxy) is 2. The largest absolute Gasteiger partial charge is 0.377 e. The van der Waals surface area contributed by atoms with Crippen LogP contribution >= 0.6 is 0 Å². The van der Waals surface area contributed by atoms with E-state index >= 15 is 0 Å². The third-order valence-corrected chi connectivity index (χ3v) is 6.61. The number of carbonyl (C=O) groups is 3. The van der Waals surface area contributed by atoms with Crippen LogP contribution < -0.4 is 10.6 Å². The van der Waals surface area contributed by atoms with Gasteiger partial charge in [0.2, 0.25) is 11.8 Å². The monoisotopic (exact) mass is 535 g/mol. The number of rotatable bonds is 6. The maximum absolute atomic E-state index is 13.9. The molecular formula is C31H41N3O5. The van der Waals surface area contributed by atoms with Crippen molar-refractivity contribution in [1.29, 1.82) is 0 Å². The third kappa shape index (κ3) is 8.25. The molecule has 0 spiro atoms. The normalized spacial score (nSPS) is 21.8. The van der Waals surface area contributed by atoms with Gasteiger partial charge in [0, 0.05) is 50.2 Å². The van der Waals surface area contributed by atoms with Gasteiger partial charge in [0.25, 0.3) is 5.91 Å². The molecule has 0 aromatic heterocycles. The van der Waals surface area contributed by atoms with Gasteiger partial charge in [-0.25, -0.2) is 0 Å². The third-order valence-electron chi connectivity index (χ3n) is 6.61. The van der Waals surface area contributed by atoms with Crippen LogP contribution in [0, 0.1) is 11.8 Å². The number of hydrogen-bond donors (Lipinski definition) is 2. The Morgan fingerprint density at radius 3 is 2.33 bits per heavy atom. The average Bonchev–Trinajstić information content (AvgIpc) is 2.90. The molecule has 0 saturated carbocycles. The Labute approximate surface area is 231 Å². The van der Waals surface area contributed by atoms with E-state index in [1.807, 2.05) is 58.0 Å². The molecule has 2 N–H and O–H groups in total. The molecule has 39 heavy (non-hydrogen) atoms. The number of methoxy groups -OCH3 is 2. The maximum Gasteiger partial charge on any atom is 0.255 e. The number of fused-ring (bicyclic) bond motifs is 3. The van der Waals surface area contributed by atoms with Gasteiger partial charge in [0.05, 0.1) is 0 Å². The lowest BCUT2D eigenvalue weighted by Gasteiger charge is -2.35. The molecule has 3 atom stereocenters. The number of hydrogen-bond acceptors (Lipinski definition) is 5. The first-order valence-electron chi connectivity index (χ1n) is 13.5. The van der Waals surface area contributed by atoms with Crippen LogP contribution in [-0.2, 0) is 19.1 Å². The van der Waals surface area contributed by atoms with E-state index in [0.29, 0.717) is 29.8 Å². The second kappa shape index (κ2) is 14.1. The zero-order valence-corrected chi connectivity index (χ0v) is 23.8. The first kappa shape index (κ1) is 30.1. The number of amides is 3. The van der Waals surface area contributed by atoms with E-state index in [0.717, 1.165) is 5.56 Å². The maximum atomic E-state index is 13.9. The van der Waals surface area contributed by atoms with Crippen molar-refractivity contribution in [2.45, 2.75) is 52.4 Å². The van der Waals surface area contributed by atoms with E-state index in [4.69, 9.17) is 9.47 Å². The van der Waals surface area contributed by atoms with Crippen LogP contribution in [0.2, 0.25) is 0 Å². The Morgan fingerprint density at radius 1 is 0.923 bits per heavy atom. The summed E-state index contributed by atoms with van der Waals surface area (Å²) in [5, 5.41) is 5.92. The van der Waals surface area contributed by atoms with Crippen LogP contribution in [0.15, 0.2) is 54.6 Å². The van der Waals surface area contributed by atoms with Gasteiger partial charge in [0.15, 0.2) is 0 Å². The van der Waals surface area contributed by atoms with Gasteiger partial charge in [-0.15, -0.1) is 0 Å². The lowest BCUT2D eigenvalue weighted by molar-refractivity contribution is -0.140. The second-order valence-electron chi connectivity index (χ2n) is 10.8. The van der Waals surface area contributed by atoms with Crippen molar-refractivity contribution in [1.82, 2.24) is 10.2 Å². The fourth-order valence-corrected chi connectivity index (χ4v) is 4.83. The zero-order valence-electron chi connectivity index (χ0n) is 23.8. The predicted octanol–water partition coefficient (Wildman–Crippen LogP) is 4.68. The second-order valence-corrected chi connectivity index (χ2v) is 10.8. The average molecular weight is 536 g/mol. The minimum Gasteiger partial charge on any atom is -0.377 e. The SMILES string of the molecule is CO[C@@H]1c2ccccc2NC(=O)c2cccc(c2)/C=C/C(=O)N[C@@H](CC(C)C)C(=O)N(CC(C)C)C[C@H]1OC. The van der Waals surface area contributed by atoms with E-state index in [9.17, 15) is 14.4 Å². The van der Waals surface area contributed by atoms with Gasteiger partial charge >= 0.3 is 0 Å². The number of anilines is 1. The highest BCUT2D eigenvalue weighted by molar-refractivity contribution is 6.05. The molecule has 3 amide bonds. The van der Waals surface area contributed by atoms with Crippen molar-refractivity contribution < 1.29 is 23.9 Å². The summed E-state index contributed by atoms with van der Waals surface area (Å²) in [6.07, 6.45) is 2.43. The van der Waals surface area contributed by atoms with E-state index in [2.05, 4.69) is 10.6 Å². The summed E-state index contributed by atoms with van der Waals surface area (Å²) in [5.41, 5.74) is 2.48. The van der Waals surface area contributed by atoms with Crippen LogP contribution in [0.5, 0.6) is 0 Å². The molecule has 8 nitrogen and oxygen atoms in total. The van der Waals surface area contributed by atoms with Crippen molar-refractivity contribution in [2.24, 2.45) is 11.8 Å². The molecule has 1 aliphatic rings. The minimum atomic E-state index is -0.697. The Bertz CT molecular complexity index is 1180. The van der Waals surface area contributed by atoms with Crippen molar-refractivity contribution in [3.8, 4) is 0 Å². The Morgan fingerprint density at radius 2 is 1.67 bits per heavy atom. The standard InChI is InChI=1S/C31H41N3O5/c1-20(2)16-26-31(37)34(18-21(3)4)19-27(38-5)29(39-6)24-12-7-8-13-25(24)33-30(36)23-11-9-10-22(17-23)14-15-28(35)32-26/h7-15,17,20-21,26-27,29H,16,18-19H2,1-6H3,(H,32,35)(H,33,36)/b15-14+/t26-,27+,29+/m0/s1. The molecule has 1 heterocycles. The van der Waals surface area contributed by atoms with Crippen LogP contribution in [0.3, 0.4) is 0 Å². The quantitative estimate of drug-likeness (QED) is 0.560. The summed E-state index contributed by atoms with van der Waals surface area (Å²) in [7, 11) is 3.17. The fourth-order valence-electron chi connectivity index (χ4n) is 4.83. The molecule has 0 saturated heterocycles. The molecule has 0 aliphatic carbocycles. The summed E-state index contributed by atoms with van der Waals surface area (Å²) in [6.45, 7) is 8.87. The van der Waals surface area contributed by atoms with Crippen molar-refractivity contribution in [2.75, 3.05) is 32.6 Å². The van der Waals surface area contributed by atoms with Gasteiger partial charge in [-0.1, -0.05) is 58.0 Å². The number of nitrogens with one attached hydrogen (secondary N) is 2. The molecule has 2 bridgehead atoms. The molecule has 0 radical (unpaired) electrons. The summed E-state index contributed by atoms with van der Waals surface area (Å²) < 4.78 is 11.8. The molecule has 0 unspecified atom stereocenters. The summed E-state index contributed by atoms with van der Waals surface area (Å²) in [5.74, 6) is -0.449. The molecule has 210 valence electrons. The van der Waals surface area contributed by atoms with Gasteiger partial charge in [0.1, 0.15) is 18.2 Å². The van der Waals surface area contributed by atoms with E-state index < -0.39 is 18.2 Å². The Hall–Kier alpha value is -3.49. The molecule has 2 aromatic carbocycles. The van der Waals surface area contributed by atoms with E-state index in [-0.39, 0.29) is 36.1 Å². The minimum absolute atomic E-state index is 0.163. The molecule has 0 fully saturated rings. The summed E-state index contributed by atoms with van der Waals surface area (Å²) in [6, 6.07) is 13.7. The summed E-state index contributed by atoms with van der Waals surface area (Å²) in [4.78, 5) is 41.8. The van der Waals surface area contributed by atoms with E-state index in [1.54, 1.807) is 43.4 Å². The molecule has 8 heteroatoms. The molecular weight excluding hydrogens is 494 g/mol. The first-order valence-corrected chi connectivity index (χ1v) is 13.5. The van der Waals surface area contributed by atoms with Gasteiger partial charge in [-0.05, 0) is 48.1 Å². The molecule has 3 rings (SSSR count). The number of nitrogens with zero attached hydrogens (tertiary/aromatic N) is 1. The van der Waals surface area contributed by atoms with Gasteiger partial charge in [-0.3, -0.25) is 14.4 Å². The predicted molar refractivity (Wildman–Crippen MR) is 153 cm³/mol. The smallest absolute Gasteiger partial charge is 0.255 e. The lowest BCUT2D eigenvalue weighted by Crippen LogP contribution is -2.52. The topological polar surface area (TPSA) is 97.0 Å². The number of para-hydroxylation sites is 1. The molecule has 2 aromatic rings. The van der Waals surface area contributed by atoms with E-state index in [1.165, 1.54) is 6.08 Å². The zero-order chi connectivity index (χ0) is 28.5. The first-order chi connectivity index (χ1) is 18.6. The fraction of sp³-hybridized carbons (Fsp3) is 0.452. The number of benzene rings is 2. The number of carbonyl (C=O) groups excluding carboxylic acids is 3. The Balaban J connectivity index is 2.13. The highest BCUT2D eigenvalue weighted by Gasteiger charge is 2.33. The van der Waals surface area contributed by atoms with Crippen LogP contribution in [-0.4, -0.2) is 62.1 Å². The van der Waals surface area contributed by atoms with Gasteiger partial charge in [-0.2, -0.15) is 0 Å². The van der Waals surface area contributed by atoms with Crippen LogP contribution in [0.4, 0.5) is 5.69 Å². The van der Waals surface area contributed by atoms with Crippen molar-refractivity contribution in [3.05, 3.63) is 71.3 Å². The highest BCUT2D eigenvalue weighted by atomic mass is 16.5. The molecule has 1 aliphatic heterocycles. The Kier molecular flexibility index (Phi) is 10.8. The van der Waals surface area contributed by atoms with Gasteiger partial charge < -0.3 is 25.0 Å².